The predicted molar refractivity (Wildman–Crippen MR) is 65.4 cm³/mol. The molecular formula is C10H14F3N3O4S. The Kier molecular flexibility index (Phi) is 5.34. The lowest BCUT2D eigenvalue weighted by Gasteiger charge is -2.08. The van der Waals surface area contributed by atoms with Gasteiger partial charge >= 0.3 is 12.1 Å². The molecule has 0 aromatic carbocycles. The SMILES string of the molecule is Cc1[nH]nc(C(=O)O)c1S(=O)(=O)NCCCCC(F)(F)F. The average Bonchev–Trinajstić information content (AvgIpc) is 2.70. The van der Waals surface area contributed by atoms with Gasteiger partial charge in [-0.05, 0) is 19.8 Å². The van der Waals surface area contributed by atoms with E-state index in [4.69, 9.17) is 5.11 Å². The summed E-state index contributed by atoms with van der Waals surface area (Å²) in [7, 11) is -4.15. The molecule has 0 aliphatic heterocycles. The molecule has 0 fully saturated rings. The Labute approximate surface area is 118 Å². The van der Waals surface area contributed by atoms with Gasteiger partial charge in [-0.3, -0.25) is 5.10 Å². The summed E-state index contributed by atoms with van der Waals surface area (Å²) in [6.45, 7) is 1.11. The van der Waals surface area contributed by atoms with Gasteiger partial charge < -0.3 is 5.11 Å². The normalized spacial score (nSPS) is 12.6. The van der Waals surface area contributed by atoms with Crippen LogP contribution >= 0.6 is 0 Å². The lowest BCUT2D eigenvalue weighted by molar-refractivity contribution is -0.135. The van der Waals surface area contributed by atoms with E-state index < -0.39 is 39.2 Å². The van der Waals surface area contributed by atoms with Crippen molar-refractivity contribution < 1.29 is 31.5 Å². The smallest absolute Gasteiger partial charge is 0.389 e. The first kappa shape index (κ1) is 17.4. The number of nitrogens with one attached hydrogen (secondary N) is 2. The number of aromatic amines is 1. The summed E-state index contributed by atoms with van der Waals surface area (Å²) in [5, 5.41) is 14.5. The van der Waals surface area contributed by atoms with Crippen LogP contribution in [0.4, 0.5) is 13.2 Å². The molecular weight excluding hydrogens is 315 g/mol. The minimum atomic E-state index is -4.28. The quantitative estimate of drug-likeness (QED) is 0.655. The molecule has 21 heavy (non-hydrogen) atoms. The number of H-pyrrole nitrogens is 1. The Balaban J connectivity index is 2.67. The summed E-state index contributed by atoms with van der Waals surface area (Å²) < 4.78 is 61.7. The third-order valence-corrected chi connectivity index (χ3v) is 4.16. The van der Waals surface area contributed by atoms with Gasteiger partial charge in [-0.1, -0.05) is 0 Å². The summed E-state index contributed by atoms with van der Waals surface area (Å²) in [6.07, 6.45) is -5.52. The zero-order chi connectivity index (χ0) is 16.3. The zero-order valence-electron chi connectivity index (χ0n) is 11.0. The topological polar surface area (TPSA) is 112 Å². The number of carboxylic acids is 1. The van der Waals surface area contributed by atoms with Crippen LogP contribution in [-0.2, 0) is 10.0 Å². The van der Waals surface area contributed by atoms with Crippen LogP contribution in [0.1, 0.15) is 35.4 Å². The molecule has 0 bridgehead atoms. The van der Waals surface area contributed by atoms with Crippen molar-refractivity contribution in [3.63, 3.8) is 0 Å². The van der Waals surface area contributed by atoms with Gasteiger partial charge in [0.2, 0.25) is 10.0 Å². The van der Waals surface area contributed by atoms with Crippen LogP contribution in [0.25, 0.3) is 0 Å². The number of unbranched alkanes of at least 4 members (excludes halogenated alkanes) is 1. The van der Waals surface area contributed by atoms with E-state index in [0.717, 1.165) is 0 Å². The van der Waals surface area contributed by atoms with Crippen LogP contribution in [0, 0.1) is 6.92 Å². The van der Waals surface area contributed by atoms with Crippen molar-refractivity contribution in [2.24, 2.45) is 0 Å². The maximum Gasteiger partial charge on any atom is 0.389 e. The van der Waals surface area contributed by atoms with Crippen LogP contribution in [0.3, 0.4) is 0 Å². The molecule has 0 spiro atoms. The molecule has 3 N–H and O–H groups in total. The van der Waals surface area contributed by atoms with Gasteiger partial charge in [0.1, 0.15) is 4.90 Å². The van der Waals surface area contributed by atoms with Crippen molar-refractivity contribution >= 4 is 16.0 Å². The number of nitrogens with zero attached hydrogens (tertiary/aromatic N) is 1. The van der Waals surface area contributed by atoms with Crippen LogP contribution < -0.4 is 4.72 Å². The molecule has 0 radical (unpaired) electrons. The highest BCUT2D eigenvalue weighted by Gasteiger charge is 2.28. The Morgan fingerprint density at radius 2 is 2.00 bits per heavy atom. The van der Waals surface area contributed by atoms with Gasteiger partial charge in [0, 0.05) is 13.0 Å². The number of carbonyl (C=O) groups is 1. The van der Waals surface area contributed by atoms with E-state index in [0.29, 0.717) is 0 Å². The number of aromatic carboxylic acids is 1. The van der Waals surface area contributed by atoms with E-state index in [1.54, 1.807) is 0 Å². The number of halogens is 3. The van der Waals surface area contributed by atoms with Crippen LogP contribution in [0.2, 0.25) is 0 Å². The van der Waals surface area contributed by atoms with Crippen molar-refractivity contribution in [1.82, 2.24) is 14.9 Å². The molecule has 0 aliphatic carbocycles. The van der Waals surface area contributed by atoms with E-state index in [-0.39, 0.29) is 25.1 Å². The number of aryl methyl sites for hydroxylation is 1. The molecule has 1 aromatic heterocycles. The summed E-state index contributed by atoms with van der Waals surface area (Å²) in [5.74, 6) is -1.52. The third kappa shape index (κ3) is 5.01. The highest BCUT2D eigenvalue weighted by Crippen LogP contribution is 2.22. The number of alkyl halides is 3. The molecule has 0 saturated carbocycles. The maximum atomic E-state index is 11.9. The predicted octanol–water partition coefficient (Wildman–Crippen LogP) is 1.43. The monoisotopic (exact) mass is 329 g/mol. The summed E-state index contributed by atoms with van der Waals surface area (Å²) in [4.78, 5) is 10.4. The van der Waals surface area contributed by atoms with Crippen molar-refractivity contribution in [3.05, 3.63) is 11.4 Å². The van der Waals surface area contributed by atoms with E-state index >= 15 is 0 Å². The summed E-state index contributed by atoms with van der Waals surface area (Å²) in [6, 6.07) is 0. The zero-order valence-corrected chi connectivity index (χ0v) is 11.8. The van der Waals surface area contributed by atoms with E-state index in [1.165, 1.54) is 6.92 Å². The van der Waals surface area contributed by atoms with Gasteiger partial charge in [0.25, 0.3) is 0 Å². The fourth-order valence-corrected chi connectivity index (χ4v) is 3.02. The van der Waals surface area contributed by atoms with Crippen LogP contribution in [-0.4, -0.2) is 42.4 Å². The fraction of sp³-hybridized carbons (Fsp3) is 0.600. The number of rotatable bonds is 7. The molecule has 0 amide bonds. The fourth-order valence-electron chi connectivity index (χ4n) is 1.62. The molecule has 1 heterocycles. The molecule has 120 valence electrons. The molecule has 11 heteroatoms. The Bertz CT molecular complexity index is 610. The lowest BCUT2D eigenvalue weighted by atomic mass is 10.2. The highest BCUT2D eigenvalue weighted by atomic mass is 32.2. The van der Waals surface area contributed by atoms with Crippen molar-refractivity contribution in [2.75, 3.05) is 6.54 Å². The van der Waals surface area contributed by atoms with Gasteiger partial charge in [-0.15, -0.1) is 0 Å². The molecule has 7 nitrogen and oxygen atoms in total. The molecule has 0 atom stereocenters. The van der Waals surface area contributed by atoms with E-state index in [9.17, 15) is 26.4 Å². The molecule has 0 saturated heterocycles. The van der Waals surface area contributed by atoms with E-state index in [1.807, 2.05) is 0 Å². The standard InChI is InChI=1S/C10H14F3N3O4S/c1-6-8(7(9(17)18)16-15-6)21(19,20)14-5-3-2-4-10(11,12)13/h14H,2-5H2,1H3,(H,15,16)(H,17,18). The van der Waals surface area contributed by atoms with Gasteiger partial charge in [-0.2, -0.15) is 18.3 Å². The minimum Gasteiger partial charge on any atom is -0.476 e. The Hall–Kier alpha value is -1.62. The van der Waals surface area contributed by atoms with Gasteiger partial charge in [0.05, 0.1) is 5.69 Å². The van der Waals surface area contributed by atoms with Crippen molar-refractivity contribution in [2.45, 2.75) is 37.3 Å². The largest absolute Gasteiger partial charge is 0.476 e. The second-order valence-corrected chi connectivity index (χ2v) is 6.01. The summed E-state index contributed by atoms with van der Waals surface area (Å²) >= 11 is 0. The third-order valence-electron chi connectivity index (χ3n) is 2.54. The molecule has 1 rings (SSSR count). The highest BCUT2D eigenvalue weighted by molar-refractivity contribution is 7.89. The second kappa shape index (κ2) is 6.43. The maximum absolute atomic E-state index is 11.9. The molecule has 1 aromatic rings. The number of hydrogen-bond donors (Lipinski definition) is 3. The lowest BCUT2D eigenvalue weighted by Crippen LogP contribution is -2.27. The first-order chi connectivity index (χ1) is 9.54. The number of sulfonamides is 1. The number of hydrogen-bond acceptors (Lipinski definition) is 4. The second-order valence-electron chi connectivity index (χ2n) is 4.30. The minimum absolute atomic E-state index is 0.0158. The van der Waals surface area contributed by atoms with Crippen LogP contribution in [0.15, 0.2) is 4.90 Å². The molecule has 0 unspecified atom stereocenters. The Morgan fingerprint density at radius 1 is 1.38 bits per heavy atom. The number of carboxylic acid groups (broad SMARTS) is 1. The first-order valence-corrected chi connectivity index (χ1v) is 7.37. The van der Waals surface area contributed by atoms with E-state index in [2.05, 4.69) is 14.9 Å². The average molecular weight is 329 g/mol. The van der Waals surface area contributed by atoms with Crippen molar-refractivity contribution in [3.8, 4) is 0 Å². The van der Waals surface area contributed by atoms with Crippen molar-refractivity contribution in [1.29, 1.82) is 0 Å². The van der Waals surface area contributed by atoms with Gasteiger partial charge in [0.15, 0.2) is 5.69 Å². The molecule has 0 aliphatic rings. The Morgan fingerprint density at radius 3 is 2.52 bits per heavy atom. The number of aromatic nitrogens is 2. The summed E-state index contributed by atoms with van der Waals surface area (Å²) in [5.41, 5.74) is -0.620. The van der Waals surface area contributed by atoms with Gasteiger partial charge in [-0.25, -0.2) is 17.9 Å². The first-order valence-electron chi connectivity index (χ1n) is 5.89. The van der Waals surface area contributed by atoms with Crippen LogP contribution in [0.5, 0.6) is 0 Å².